The summed E-state index contributed by atoms with van der Waals surface area (Å²) in [4.78, 5) is 15.8. The highest BCUT2D eigenvalue weighted by Crippen LogP contribution is 2.41. The molecule has 3 heterocycles. The Labute approximate surface area is 216 Å². The predicted molar refractivity (Wildman–Crippen MR) is 130 cm³/mol. The van der Waals surface area contributed by atoms with Crippen LogP contribution in [0.3, 0.4) is 0 Å². The van der Waals surface area contributed by atoms with E-state index in [-0.39, 0.29) is 27.8 Å². The summed E-state index contributed by atoms with van der Waals surface area (Å²) < 4.78 is 73.3. The normalized spacial score (nSPS) is 19.6. The van der Waals surface area contributed by atoms with Crippen molar-refractivity contribution in [2.75, 3.05) is 13.1 Å². The summed E-state index contributed by atoms with van der Waals surface area (Å²) in [6.07, 6.45) is 0.877. The van der Waals surface area contributed by atoms with Crippen molar-refractivity contribution in [3.8, 4) is 0 Å². The van der Waals surface area contributed by atoms with Crippen LogP contribution in [-0.2, 0) is 10.7 Å². The van der Waals surface area contributed by atoms with Crippen LogP contribution in [0.25, 0.3) is 5.57 Å². The number of allylic oxidation sites excluding steroid dienone is 3. The van der Waals surface area contributed by atoms with Gasteiger partial charge in [-0.3, -0.25) is 4.79 Å². The molecule has 1 amide bonds. The van der Waals surface area contributed by atoms with Gasteiger partial charge in [0.1, 0.15) is 5.16 Å². The summed E-state index contributed by atoms with van der Waals surface area (Å²) >= 11 is 6.50. The van der Waals surface area contributed by atoms with Crippen molar-refractivity contribution in [3.63, 3.8) is 0 Å². The van der Waals surface area contributed by atoms with Gasteiger partial charge in [0.2, 0.25) is 0 Å². The van der Waals surface area contributed by atoms with Crippen LogP contribution in [0, 0.1) is 0 Å². The molecule has 0 N–H and O–H groups in total. The molecule has 4 rings (SSSR count). The van der Waals surface area contributed by atoms with Gasteiger partial charge < -0.3 is 14.2 Å². The van der Waals surface area contributed by atoms with Crippen LogP contribution in [0.15, 0.2) is 88.1 Å². The minimum Gasteiger partial charge on any atom is -0.472 e. The molecule has 1 fully saturated rings. The molecule has 0 saturated carbocycles. The van der Waals surface area contributed by atoms with Gasteiger partial charge in [0.05, 0.1) is 23.8 Å². The minimum atomic E-state index is -4.70. The molecule has 0 spiro atoms. The molecular formula is C27H24ClF5N2O2. The van der Waals surface area contributed by atoms with Crippen LogP contribution in [0.2, 0.25) is 0 Å². The van der Waals surface area contributed by atoms with E-state index in [0.717, 1.165) is 23.5 Å². The minimum absolute atomic E-state index is 0.0515. The fourth-order valence-electron chi connectivity index (χ4n) is 4.40. The molecular weight excluding hydrogens is 515 g/mol. The summed E-state index contributed by atoms with van der Waals surface area (Å²) in [6, 6.07) is 7.52. The lowest BCUT2D eigenvalue weighted by Crippen LogP contribution is -2.32. The zero-order chi connectivity index (χ0) is 27.1. The second-order valence-corrected chi connectivity index (χ2v) is 9.49. The number of benzene rings is 1. The monoisotopic (exact) mass is 538 g/mol. The van der Waals surface area contributed by atoms with Gasteiger partial charge in [0.25, 0.3) is 11.8 Å². The topological polar surface area (TPSA) is 36.7 Å². The van der Waals surface area contributed by atoms with Crippen molar-refractivity contribution in [1.29, 1.82) is 0 Å². The van der Waals surface area contributed by atoms with Crippen molar-refractivity contribution in [3.05, 3.63) is 100 Å². The van der Waals surface area contributed by atoms with Gasteiger partial charge in [-0.15, -0.1) is 0 Å². The van der Waals surface area contributed by atoms with E-state index in [2.05, 4.69) is 6.58 Å². The van der Waals surface area contributed by atoms with Gasteiger partial charge in [-0.2, -0.15) is 13.2 Å². The van der Waals surface area contributed by atoms with E-state index in [0.29, 0.717) is 25.1 Å². The van der Waals surface area contributed by atoms with Crippen LogP contribution in [0.1, 0.15) is 42.9 Å². The Hall–Kier alpha value is -3.33. The highest BCUT2D eigenvalue weighted by Gasteiger charge is 2.40. The number of carbonyl (C=O) groups excluding carboxylic acids is 1. The fourth-order valence-corrected chi connectivity index (χ4v) is 4.63. The summed E-state index contributed by atoms with van der Waals surface area (Å²) in [5.41, 5.74) is -0.0274. The zero-order valence-electron chi connectivity index (χ0n) is 20.1. The molecule has 2 aliphatic heterocycles. The molecule has 10 heteroatoms. The van der Waals surface area contributed by atoms with Gasteiger partial charge in [-0.25, -0.2) is 8.78 Å². The molecule has 0 radical (unpaired) electrons. The van der Waals surface area contributed by atoms with Crippen LogP contribution < -0.4 is 0 Å². The number of hydrogen-bond donors (Lipinski definition) is 0. The van der Waals surface area contributed by atoms with Gasteiger partial charge in [0.15, 0.2) is 0 Å². The lowest BCUT2D eigenvalue weighted by atomic mass is 9.96. The summed E-state index contributed by atoms with van der Waals surface area (Å²) in [6.45, 7) is 6.56. The first-order valence-corrected chi connectivity index (χ1v) is 11.8. The smallest absolute Gasteiger partial charge is 0.418 e. The van der Waals surface area contributed by atoms with E-state index < -0.39 is 29.3 Å². The van der Waals surface area contributed by atoms with Crippen LogP contribution in [0.5, 0.6) is 0 Å². The standard InChI is InChI=1S/C27H24ClF5N2O2/c1-16(25(36)34-10-8-19(13-34)18-4-6-22(7-5-18)26(3,29)30)24(28)35-14-21(20-9-11-37-15-20)12-23(17(35)2)27(31,32)33/h4-7,9,11-12,14-15,19H,2,8,10,13H2,1,3H3/b24-16+. The van der Waals surface area contributed by atoms with Crippen LogP contribution >= 0.6 is 11.6 Å². The molecule has 0 bridgehead atoms. The third-order valence-corrected chi connectivity index (χ3v) is 7.00. The van der Waals surface area contributed by atoms with Crippen LogP contribution in [-0.4, -0.2) is 35.0 Å². The molecule has 0 aliphatic carbocycles. The maximum Gasteiger partial charge on any atom is 0.418 e. The first kappa shape index (κ1) is 26.7. The van der Waals surface area contributed by atoms with E-state index in [1.54, 1.807) is 17.0 Å². The quantitative estimate of drug-likeness (QED) is 0.224. The van der Waals surface area contributed by atoms with Crippen molar-refractivity contribution in [1.82, 2.24) is 9.80 Å². The number of likely N-dealkylation sites (tertiary alicyclic amines) is 1. The van der Waals surface area contributed by atoms with Gasteiger partial charge in [-0.05, 0) is 31.1 Å². The Morgan fingerprint density at radius 2 is 1.81 bits per heavy atom. The lowest BCUT2D eigenvalue weighted by Gasteiger charge is -2.31. The summed E-state index contributed by atoms with van der Waals surface area (Å²) in [5, 5.41) is -0.205. The number of amides is 1. The van der Waals surface area contributed by atoms with Crippen molar-refractivity contribution < 1.29 is 31.2 Å². The number of nitrogens with zero attached hydrogens (tertiary/aromatic N) is 2. The predicted octanol–water partition coefficient (Wildman–Crippen LogP) is 7.54. The van der Waals surface area contributed by atoms with E-state index in [1.165, 1.54) is 43.8 Å². The maximum atomic E-state index is 13.8. The van der Waals surface area contributed by atoms with Gasteiger partial charge >= 0.3 is 6.18 Å². The third-order valence-electron chi connectivity index (χ3n) is 6.54. The van der Waals surface area contributed by atoms with E-state index in [1.807, 2.05) is 0 Å². The first-order chi connectivity index (χ1) is 17.3. The largest absolute Gasteiger partial charge is 0.472 e. The Kier molecular flexibility index (Phi) is 7.12. The molecule has 37 heavy (non-hydrogen) atoms. The Bertz CT molecular complexity index is 1290. The summed E-state index contributed by atoms with van der Waals surface area (Å²) in [5.74, 6) is -3.44. The molecule has 4 nitrogen and oxygen atoms in total. The Morgan fingerprint density at radius 3 is 2.38 bits per heavy atom. The van der Waals surface area contributed by atoms with Crippen molar-refractivity contribution in [2.24, 2.45) is 0 Å². The average Bonchev–Trinajstić information content (AvgIpc) is 3.54. The molecule has 1 aromatic heterocycles. The average molecular weight is 539 g/mol. The van der Waals surface area contributed by atoms with E-state index in [4.69, 9.17) is 16.0 Å². The molecule has 2 aliphatic rings. The SMILES string of the molecule is C=C1C(C(F)(F)F)=CC(c2ccoc2)=CN1/C(Cl)=C(\C)C(=O)N1CCC(c2ccc(C(C)(F)F)cc2)C1. The number of furan rings is 1. The molecule has 196 valence electrons. The van der Waals surface area contributed by atoms with Gasteiger partial charge in [0, 0.05) is 54.4 Å². The maximum absolute atomic E-state index is 13.8. The Morgan fingerprint density at radius 1 is 1.14 bits per heavy atom. The highest BCUT2D eigenvalue weighted by molar-refractivity contribution is 6.31. The fraction of sp³-hybridized carbons (Fsp3) is 0.296. The number of halogens is 6. The molecule has 1 unspecified atom stereocenters. The third kappa shape index (κ3) is 5.51. The second-order valence-electron chi connectivity index (χ2n) is 9.13. The first-order valence-electron chi connectivity index (χ1n) is 11.4. The molecule has 1 aromatic carbocycles. The number of alkyl halides is 5. The van der Waals surface area contributed by atoms with Gasteiger partial charge in [-0.1, -0.05) is 42.4 Å². The van der Waals surface area contributed by atoms with Crippen LogP contribution in [0.4, 0.5) is 22.0 Å². The number of carbonyl (C=O) groups is 1. The highest BCUT2D eigenvalue weighted by atomic mass is 35.5. The van der Waals surface area contributed by atoms with E-state index >= 15 is 0 Å². The summed E-state index contributed by atoms with van der Waals surface area (Å²) in [7, 11) is 0. The van der Waals surface area contributed by atoms with E-state index in [9.17, 15) is 26.7 Å². The number of hydrogen-bond acceptors (Lipinski definition) is 3. The van der Waals surface area contributed by atoms with Crippen molar-refractivity contribution in [2.45, 2.75) is 38.3 Å². The number of rotatable bonds is 5. The zero-order valence-corrected chi connectivity index (χ0v) is 20.8. The molecule has 2 aromatic rings. The second kappa shape index (κ2) is 9.85. The van der Waals surface area contributed by atoms with Crippen molar-refractivity contribution >= 4 is 23.1 Å². The lowest BCUT2D eigenvalue weighted by molar-refractivity contribution is -0.126. The molecule has 1 atom stereocenters. The Balaban J connectivity index is 1.56. The molecule has 1 saturated heterocycles.